The van der Waals surface area contributed by atoms with Gasteiger partial charge in [0, 0.05) is 29.6 Å². The molecule has 3 heterocycles. The molecule has 28 heavy (non-hydrogen) atoms. The lowest BCUT2D eigenvalue weighted by Crippen LogP contribution is -2.17. The number of allylic oxidation sites excluding steroid dienone is 2. The summed E-state index contributed by atoms with van der Waals surface area (Å²) in [5.41, 5.74) is 2.82. The number of pyridine rings is 1. The Morgan fingerprint density at radius 3 is 2.86 bits per heavy atom. The average Bonchev–Trinajstić information content (AvgIpc) is 3.20. The van der Waals surface area contributed by atoms with E-state index in [1.54, 1.807) is 44.1 Å². The molecule has 0 aliphatic rings. The maximum Gasteiger partial charge on any atom is 0.424 e. The molecule has 3 aromatic heterocycles. The summed E-state index contributed by atoms with van der Waals surface area (Å²) >= 11 is 3.00. The summed E-state index contributed by atoms with van der Waals surface area (Å²) in [5.74, 6) is 1.26. The van der Waals surface area contributed by atoms with Crippen molar-refractivity contribution in [3.05, 3.63) is 41.6 Å². The van der Waals surface area contributed by atoms with Crippen LogP contribution in [0.4, 0.5) is 4.79 Å². The van der Waals surface area contributed by atoms with Crippen molar-refractivity contribution in [2.75, 3.05) is 12.0 Å². The van der Waals surface area contributed by atoms with Gasteiger partial charge in [0.2, 0.25) is 0 Å². The number of hydrogen-bond donors (Lipinski definition) is 1. The molecule has 0 saturated carbocycles. The van der Waals surface area contributed by atoms with Gasteiger partial charge in [-0.3, -0.25) is 4.98 Å². The molecule has 6 nitrogen and oxygen atoms in total. The van der Waals surface area contributed by atoms with E-state index in [9.17, 15) is 9.90 Å². The van der Waals surface area contributed by atoms with Gasteiger partial charge in [0.1, 0.15) is 21.1 Å². The maximum atomic E-state index is 12.9. The van der Waals surface area contributed by atoms with Crippen LogP contribution in [-0.4, -0.2) is 37.7 Å². The predicted octanol–water partition coefficient (Wildman–Crippen LogP) is 5.55. The molecule has 0 bridgehead atoms. The molecular formula is C20H23N3O3S2. The topological polar surface area (TPSA) is 77.2 Å². The lowest BCUT2D eigenvalue weighted by molar-refractivity contribution is 0.178. The number of fused-ring (bicyclic) bond motifs is 1. The van der Waals surface area contributed by atoms with Crippen LogP contribution in [-0.2, 0) is 4.74 Å². The summed E-state index contributed by atoms with van der Waals surface area (Å²) in [7, 11) is 0. The number of carbonyl (C=O) groups excluding carboxylic acids is 1. The first kappa shape index (κ1) is 20.4. The highest BCUT2D eigenvalue weighted by Gasteiger charge is 2.29. The number of carbonyl (C=O) groups is 1. The van der Waals surface area contributed by atoms with Crippen molar-refractivity contribution in [3.8, 4) is 16.3 Å². The zero-order valence-electron chi connectivity index (χ0n) is 16.5. The quantitative estimate of drug-likeness (QED) is 0.549. The smallest absolute Gasteiger partial charge is 0.424 e. The molecule has 1 atom stereocenters. The number of aromatic nitrogens is 3. The molecule has 0 radical (unpaired) electrons. The van der Waals surface area contributed by atoms with Gasteiger partial charge in [-0.25, -0.2) is 14.3 Å². The summed E-state index contributed by atoms with van der Waals surface area (Å²) in [5, 5.41) is 11.6. The largest absolute Gasteiger partial charge is 0.504 e. The third kappa shape index (κ3) is 3.79. The van der Waals surface area contributed by atoms with Gasteiger partial charge in [-0.15, -0.1) is 0 Å². The Morgan fingerprint density at radius 2 is 2.21 bits per heavy atom. The molecule has 0 fully saturated rings. The van der Waals surface area contributed by atoms with E-state index >= 15 is 0 Å². The van der Waals surface area contributed by atoms with E-state index in [2.05, 4.69) is 9.97 Å². The molecular weight excluding hydrogens is 394 g/mol. The second kappa shape index (κ2) is 8.36. The number of aryl methyl sites for hydroxylation is 1. The molecule has 0 saturated heterocycles. The van der Waals surface area contributed by atoms with Crippen LogP contribution in [0.15, 0.2) is 30.3 Å². The number of nitrogens with zero attached hydrogens (tertiary/aromatic N) is 3. The summed E-state index contributed by atoms with van der Waals surface area (Å²) in [6, 6.07) is 1.98. The Hall–Kier alpha value is -2.32. The highest BCUT2D eigenvalue weighted by atomic mass is 32.2. The SMILES string of the molecule is C/C=C(\C)OC(=O)n1c(C(C)CSC)c(O)c2nc(-c3cncc(C)c3)sc21. The van der Waals surface area contributed by atoms with Crippen molar-refractivity contribution < 1.29 is 14.6 Å². The number of aromatic hydroxyl groups is 1. The van der Waals surface area contributed by atoms with Crippen molar-refractivity contribution in [3.63, 3.8) is 0 Å². The van der Waals surface area contributed by atoms with Crippen LogP contribution in [0.25, 0.3) is 20.9 Å². The molecule has 0 amide bonds. The fourth-order valence-electron chi connectivity index (χ4n) is 2.96. The molecule has 8 heteroatoms. The highest BCUT2D eigenvalue weighted by molar-refractivity contribution is 7.98. The van der Waals surface area contributed by atoms with Crippen LogP contribution in [0.1, 0.15) is 37.9 Å². The third-order valence-electron chi connectivity index (χ3n) is 4.36. The first-order valence-corrected chi connectivity index (χ1v) is 11.1. The van der Waals surface area contributed by atoms with E-state index in [4.69, 9.17) is 4.74 Å². The number of thioether (sulfide) groups is 1. The van der Waals surface area contributed by atoms with Gasteiger partial charge in [-0.05, 0) is 44.7 Å². The average molecular weight is 418 g/mol. The van der Waals surface area contributed by atoms with Gasteiger partial charge in [-0.2, -0.15) is 11.8 Å². The van der Waals surface area contributed by atoms with Gasteiger partial charge in [0.25, 0.3) is 0 Å². The van der Waals surface area contributed by atoms with Crippen LogP contribution in [0, 0.1) is 6.92 Å². The van der Waals surface area contributed by atoms with Crippen LogP contribution >= 0.6 is 23.1 Å². The summed E-state index contributed by atoms with van der Waals surface area (Å²) in [6.45, 7) is 7.46. The van der Waals surface area contributed by atoms with Gasteiger partial charge in [0.15, 0.2) is 5.75 Å². The molecule has 0 aromatic carbocycles. The van der Waals surface area contributed by atoms with E-state index in [1.165, 1.54) is 15.9 Å². The van der Waals surface area contributed by atoms with Crippen LogP contribution < -0.4 is 0 Å². The Kier molecular flexibility index (Phi) is 6.10. The van der Waals surface area contributed by atoms with E-state index in [-0.39, 0.29) is 11.7 Å². The van der Waals surface area contributed by atoms with Crippen molar-refractivity contribution in [1.82, 2.24) is 14.5 Å². The minimum absolute atomic E-state index is 0.0368. The van der Waals surface area contributed by atoms with Gasteiger partial charge in [0.05, 0.1) is 5.69 Å². The first-order chi connectivity index (χ1) is 13.4. The zero-order chi connectivity index (χ0) is 20.4. The second-order valence-electron chi connectivity index (χ2n) is 6.62. The molecule has 0 aliphatic heterocycles. The fourth-order valence-corrected chi connectivity index (χ4v) is 4.67. The number of ether oxygens (including phenoxy) is 1. The Labute approximate surface area is 172 Å². The van der Waals surface area contributed by atoms with E-state index in [0.717, 1.165) is 16.9 Å². The maximum absolute atomic E-state index is 12.9. The predicted molar refractivity (Wildman–Crippen MR) is 115 cm³/mol. The number of rotatable bonds is 5. The zero-order valence-corrected chi connectivity index (χ0v) is 18.1. The van der Waals surface area contributed by atoms with Crippen molar-refractivity contribution in [2.24, 2.45) is 0 Å². The molecule has 0 spiro atoms. The lowest BCUT2D eigenvalue weighted by Gasteiger charge is -2.14. The van der Waals surface area contributed by atoms with Gasteiger partial charge in [-0.1, -0.05) is 18.3 Å². The van der Waals surface area contributed by atoms with Gasteiger partial charge < -0.3 is 9.84 Å². The van der Waals surface area contributed by atoms with Crippen molar-refractivity contribution >= 4 is 39.5 Å². The fraction of sp³-hybridized carbons (Fsp3) is 0.350. The van der Waals surface area contributed by atoms with Crippen molar-refractivity contribution in [1.29, 1.82) is 0 Å². The van der Waals surface area contributed by atoms with Gasteiger partial charge >= 0.3 is 6.09 Å². The normalized spacial score (nSPS) is 13.1. The minimum atomic E-state index is -0.540. The van der Waals surface area contributed by atoms with Crippen LogP contribution in [0.2, 0.25) is 0 Å². The summed E-state index contributed by atoms with van der Waals surface area (Å²) in [6.07, 6.45) is 6.67. The molecule has 3 rings (SSSR count). The third-order valence-corrected chi connectivity index (χ3v) is 6.29. The molecule has 0 aliphatic carbocycles. The lowest BCUT2D eigenvalue weighted by atomic mass is 10.1. The monoisotopic (exact) mass is 417 g/mol. The van der Waals surface area contributed by atoms with Crippen LogP contribution in [0.5, 0.6) is 5.75 Å². The molecule has 3 aromatic rings. The Balaban J connectivity index is 2.19. The molecule has 148 valence electrons. The Morgan fingerprint density at radius 1 is 1.46 bits per heavy atom. The summed E-state index contributed by atoms with van der Waals surface area (Å²) in [4.78, 5) is 22.3. The second-order valence-corrected chi connectivity index (χ2v) is 8.50. The highest BCUT2D eigenvalue weighted by Crippen LogP contribution is 2.42. The van der Waals surface area contributed by atoms with Crippen LogP contribution in [0.3, 0.4) is 0 Å². The number of hydrogen-bond acceptors (Lipinski definition) is 7. The van der Waals surface area contributed by atoms with E-state index < -0.39 is 6.09 Å². The molecule has 1 unspecified atom stereocenters. The first-order valence-electron chi connectivity index (χ1n) is 8.87. The Bertz CT molecular complexity index is 1050. The molecule has 1 N–H and O–H groups in total. The van der Waals surface area contributed by atoms with E-state index in [1.807, 2.05) is 26.2 Å². The number of thiazole rings is 1. The standard InChI is InChI=1S/C20H23N3O3S2/c1-6-13(4)26-20(25)23-16(12(3)10-27-5)17(24)15-19(23)28-18(22-15)14-7-11(2)8-21-9-14/h6-9,12,24H,10H2,1-5H3/b13-6+. The van der Waals surface area contributed by atoms with E-state index in [0.29, 0.717) is 26.8 Å². The minimum Gasteiger partial charge on any atom is -0.504 e. The van der Waals surface area contributed by atoms with Crippen molar-refractivity contribution in [2.45, 2.75) is 33.6 Å². The summed E-state index contributed by atoms with van der Waals surface area (Å²) < 4.78 is 6.91.